The first-order valence-corrected chi connectivity index (χ1v) is 9.94. The Morgan fingerprint density at radius 2 is 1.90 bits per heavy atom. The largest absolute Gasteiger partial charge is 0.469 e. The third kappa shape index (κ3) is 5.79. The number of rotatable bonds is 7. The predicted octanol–water partition coefficient (Wildman–Crippen LogP) is 1.66. The number of esters is 1. The standard InChI is InChI=1S/C22H26N4O4/c1-30-21(28)13-20(27)25-17-8-11-26(12-9-17)19-7-3-2-6-18(19)22(29)24-15-16-5-4-10-23-14-16/h2-7,10,14,17H,8-9,11-13,15H2,1H3,(H,24,29)(H,25,27). The zero-order chi connectivity index (χ0) is 21.3. The summed E-state index contributed by atoms with van der Waals surface area (Å²) in [6.07, 6.45) is 4.63. The number of benzene rings is 1. The highest BCUT2D eigenvalue weighted by Gasteiger charge is 2.24. The molecule has 2 N–H and O–H groups in total. The van der Waals surface area contributed by atoms with Crippen molar-refractivity contribution in [2.75, 3.05) is 25.1 Å². The predicted molar refractivity (Wildman–Crippen MR) is 112 cm³/mol. The smallest absolute Gasteiger partial charge is 0.315 e. The number of methoxy groups -OCH3 is 1. The second kappa shape index (κ2) is 10.4. The molecule has 1 aromatic carbocycles. The first-order valence-electron chi connectivity index (χ1n) is 9.94. The number of amides is 2. The second-order valence-electron chi connectivity index (χ2n) is 7.14. The van der Waals surface area contributed by atoms with E-state index >= 15 is 0 Å². The maximum Gasteiger partial charge on any atom is 0.315 e. The summed E-state index contributed by atoms with van der Waals surface area (Å²) in [5.74, 6) is -1.01. The van der Waals surface area contributed by atoms with Crippen LogP contribution < -0.4 is 15.5 Å². The van der Waals surface area contributed by atoms with Gasteiger partial charge < -0.3 is 20.3 Å². The zero-order valence-electron chi connectivity index (χ0n) is 17.0. The van der Waals surface area contributed by atoms with Crippen LogP contribution in [-0.2, 0) is 20.9 Å². The highest BCUT2D eigenvalue weighted by Crippen LogP contribution is 2.24. The minimum absolute atomic E-state index is 0.00461. The van der Waals surface area contributed by atoms with Gasteiger partial charge in [0, 0.05) is 43.8 Å². The van der Waals surface area contributed by atoms with Crippen molar-refractivity contribution in [3.05, 3.63) is 59.9 Å². The van der Waals surface area contributed by atoms with Gasteiger partial charge in [0.05, 0.1) is 12.7 Å². The molecule has 30 heavy (non-hydrogen) atoms. The molecule has 8 nitrogen and oxygen atoms in total. The molecule has 1 aromatic heterocycles. The number of pyridine rings is 1. The third-order valence-electron chi connectivity index (χ3n) is 5.06. The van der Waals surface area contributed by atoms with E-state index in [0.29, 0.717) is 25.2 Å². The normalized spacial score (nSPS) is 14.1. The number of nitrogens with zero attached hydrogens (tertiary/aromatic N) is 2. The van der Waals surface area contributed by atoms with Crippen molar-refractivity contribution in [3.63, 3.8) is 0 Å². The van der Waals surface area contributed by atoms with Crippen LogP contribution in [0.15, 0.2) is 48.8 Å². The van der Waals surface area contributed by atoms with Crippen molar-refractivity contribution in [1.82, 2.24) is 15.6 Å². The highest BCUT2D eigenvalue weighted by molar-refractivity contribution is 5.99. The van der Waals surface area contributed by atoms with Crippen molar-refractivity contribution in [2.45, 2.75) is 31.8 Å². The van der Waals surface area contributed by atoms with Gasteiger partial charge in [-0.25, -0.2) is 0 Å². The van der Waals surface area contributed by atoms with E-state index in [1.54, 1.807) is 12.4 Å². The Hall–Kier alpha value is -3.42. The first-order chi connectivity index (χ1) is 14.6. The van der Waals surface area contributed by atoms with Gasteiger partial charge in [-0.1, -0.05) is 18.2 Å². The van der Waals surface area contributed by atoms with Crippen molar-refractivity contribution in [1.29, 1.82) is 0 Å². The van der Waals surface area contributed by atoms with Gasteiger partial charge in [-0.3, -0.25) is 19.4 Å². The molecule has 0 bridgehead atoms. The van der Waals surface area contributed by atoms with Crippen molar-refractivity contribution in [3.8, 4) is 0 Å². The van der Waals surface area contributed by atoms with Gasteiger partial charge in [0.15, 0.2) is 0 Å². The van der Waals surface area contributed by atoms with Crippen molar-refractivity contribution in [2.24, 2.45) is 0 Å². The number of carbonyl (C=O) groups is 3. The SMILES string of the molecule is COC(=O)CC(=O)NC1CCN(c2ccccc2C(=O)NCc2cccnc2)CC1. The Bertz CT molecular complexity index is 880. The lowest BCUT2D eigenvalue weighted by Crippen LogP contribution is -2.45. The third-order valence-corrected chi connectivity index (χ3v) is 5.06. The van der Waals surface area contributed by atoms with Crippen LogP contribution in [0.25, 0.3) is 0 Å². The van der Waals surface area contributed by atoms with Crippen molar-refractivity contribution >= 4 is 23.5 Å². The van der Waals surface area contributed by atoms with Gasteiger partial charge in [-0.05, 0) is 36.6 Å². The number of hydrogen-bond donors (Lipinski definition) is 2. The topological polar surface area (TPSA) is 101 Å². The number of ether oxygens (including phenoxy) is 1. The molecule has 0 aliphatic carbocycles. The number of hydrogen-bond acceptors (Lipinski definition) is 6. The van der Waals surface area contributed by atoms with Gasteiger partial charge in [0.1, 0.15) is 6.42 Å². The molecule has 0 atom stereocenters. The van der Waals surface area contributed by atoms with Crippen LogP contribution >= 0.6 is 0 Å². The lowest BCUT2D eigenvalue weighted by Gasteiger charge is -2.34. The summed E-state index contributed by atoms with van der Waals surface area (Å²) in [6.45, 7) is 1.82. The number of carbonyl (C=O) groups excluding carboxylic acids is 3. The summed E-state index contributed by atoms with van der Waals surface area (Å²) in [6, 6.07) is 11.3. The van der Waals surface area contributed by atoms with E-state index in [1.807, 2.05) is 36.4 Å². The van der Waals surface area contributed by atoms with Crippen LogP contribution in [0.1, 0.15) is 35.2 Å². The van der Waals surface area contributed by atoms with Gasteiger partial charge >= 0.3 is 5.97 Å². The fraction of sp³-hybridized carbons (Fsp3) is 0.364. The lowest BCUT2D eigenvalue weighted by molar-refractivity contribution is -0.144. The number of aromatic nitrogens is 1. The minimum atomic E-state index is -0.545. The Morgan fingerprint density at radius 3 is 2.60 bits per heavy atom. The van der Waals surface area contributed by atoms with Gasteiger partial charge in [-0.2, -0.15) is 0 Å². The van der Waals surface area contributed by atoms with Crippen LogP contribution in [-0.4, -0.2) is 49.0 Å². The summed E-state index contributed by atoms with van der Waals surface area (Å²) < 4.78 is 4.52. The fourth-order valence-corrected chi connectivity index (χ4v) is 3.47. The molecule has 158 valence electrons. The van der Waals surface area contributed by atoms with Gasteiger partial charge in [0.25, 0.3) is 5.91 Å². The van der Waals surface area contributed by atoms with Gasteiger partial charge in [-0.15, -0.1) is 0 Å². The molecule has 8 heteroatoms. The average molecular weight is 410 g/mol. The molecule has 3 rings (SSSR count). The molecule has 1 aliphatic heterocycles. The second-order valence-corrected chi connectivity index (χ2v) is 7.14. The lowest BCUT2D eigenvalue weighted by atomic mass is 10.0. The van der Waals surface area contributed by atoms with E-state index in [-0.39, 0.29) is 24.3 Å². The molecule has 1 saturated heterocycles. The van der Waals surface area contributed by atoms with E-state index in [0.717, 1.165) is 24.1 Å². The molecule has 1 aliphatic rings. The zero-order valence-corrected chi connectivity index (χ0v) is 17.0. The van der Waals surface area contributed by atoms with E-state index in [2.05, 4.69) is 25.3 Å². The molecule has 1 fully saturated rings. The number of anilines is 1. The average Bonchev–Trinajstić information content (AvgIpc) is 2.78. The molecule has 2 aromatic rings. The van der Waals surface area contributed by atoms with E-state index in [9.17, 15) is 14.4 Å². The van der Waals surface area contributed by atoms with Crippen LogP contribution in [0, 0.1) is 0 Å². The fourth-order valence-electron chi connectivity index (χ4n) is 3.47. The summed E-state index contributed by atoms with van der Waals surface area (Å²) in [5.41, 5.74) is 2.43. The maximum atomic E-state index is 12.8. The van der Waals surface area contributed by atoms with Crippen LogP contribution in [0.2, 0.25) is 0 Å². The maximum absolute atomic E-state index is 12.8. The molecule has 2 amide bonds. The van der Waals surface area contributed by atoms with Gasteiger partial charge in [0.2, 0.25) is 5.91 Å². The van der Waals surface area contributed by atoms with E-state index < -0.39 is 5.97 Å². The van der Waals surface area contributed by atoms with Crippen LogP contribution in [0.3, 0.4) is 0 Å². The molecular formula is C22H26N4O4. The summed E-state index contributed by atoms with van der Waals surface area (Å²) >= 11 is 0. The Morgan fingerprint density at radius 1 is 1.13 bits per heavy atom. The van der Waals surface area contributed by atoms with E-state index in [1.165, 1.54) is 7.11 Å². The Labute approximate surface area is 175 Å². The van der Waals surface area contributed by atoms with Crippen molar-refractivity contribution < 1.29 is 19.1 Å². The summed E-state index contributed by atoms with van der Waals surface area (Å²) in [5, 5.41) is 5.83. The number of piperidine rings is 1. The minimum Gasteiger partial charge on any atom is -0.469 e. The molecule has 0 unspecified atom stereocenters. The number of para-hydroxylation sites is 1. The first kappa shape index (κ1) is 21.3. The molecule has 0 radical (unpaired) electrons. The molecule has 0 saturated carbocycles. The summed E-state index contributed by atoms with van der Waals surface area (Å²) in [4.78, 5) is 42.1. The summed E-state index contributed by atoms with van der Waals surface area (Å²) in [7, 11) is 1.26. The number of nitrogens with one attached hydrogen (secondary N) is 2. The Kier molecular flexibility index (Phi) is 7.37. The molecule has 0 spiro atoms. The molecule has 2 heterocycles. The monoisotopic (exact) mass is 410 g/mol. The molecular weight excluding hydrogens is 384 g/mol. The Balaban J connectivity index is 1.56. The van der Waals surface area contributed by atoms with Crippen LogP contribution in [0.5, 0.6) is 0 Å². The quantitative estimate of drug-likeness (QED) is 0.532. The van der Waals surface area contributed by atoms with E-state index in [4.69, 9.17) is 0 Å². The highest BCUT2D eigenvalue weighted by atomic mass is 16.5. The van der Waals surface area contributed by atoms with Crippen LogP contribution in [0.4, 0.5) is 5.69 Å².